The fourth-order valence-corrected chi connectivity index (χ4v) is 3.67. The molecular weight excluding hydrogens is 246 g/mol. The van der Waals surface area contributed by atoms with Crippen molar-refractivity contribution < 1.29 is 0 Å². The number of anilines is 1. The van der Waals surface area contributed by atoms with Gasteiger partial charge in [0.15, 0.2) is 0 Å². The normalized spacial score (nSPS) is 24.1. The Morgan fingerprint density at radius 1 is 1.20 bits per heavy atom. The van der Waals surface area contributed by atoms with Crippen LogP contribution in [0, 0.1) is 11.3 Å². The molecule has 0 aliphatic heterocycles. The second-order valence-electron chi connectivity index (χ2n) is 7.54. The van der Waals surface area contributed by atoms with Crippen LogP contribution in [0.25, 0.3) is 0 Å². The van der Waals surface area contributed by atoms with Gasteiger partial charge in [-0.1, -0.05) is 34.1 Å². The summed E-state index contributed by atoms with van der Waals surface area (Å²) < 4.78 is 1.87. The summed E-state index contributed by atoms with van der Waals surface area (Å²) in [7, 11) is 1.97. The van der Waals surface area contributed by atoms with Gasteiger partial charge in [-0.3, -0.25) is 4.68 Å². The molecule has 114 valence electrons. The van der Waals surface area contributed by atoms with Crippen LogP contribution in [-0.2, 0) is 13.5 Å². The first kappa shape index (κ1) is 15.4. The van der Waals surface area contributed by atoms with Crippen LogP contribution in [0.2, 0.25) is 0 Å². The van der Waals surface area contributed by atoms with E-state index < -0.39 is 0 Å². The molecular formula is C17H31N3. The van der Waals surface area contributed by atoms with E-state index in [4.69, 9.17) is 10.8 Å². The molecule has 0 spiro atoms. The lowest BCUT2D eigenvalue weighted by molar-refractivity contribution is 0.168. The summed E-state index contributed by atoms with van der Waals surface area (Å²) in [6.07, 6.45) is 7.41. The zero-order valence-corrected chi connectivity index (χ0v) is 13.9. The lowest BCUT2D eigenvalue weighted by Gasteiger charge is -2.36. The van der Waals surface area contributed by atoms with Gasteiger partial charge in [0.1, 0.15) is 5.82 Å². The topological polar surface area (TPSA) is 43.8 Å². The summed E-state index contributed by atoms with van der Waals surface area (Å²) in [6, 6.07) is 0. The van der Waals surface area contributed by atoms with Crippen LogP contribution in [0.5, 0.6) is 0 Å². The maximum Gasteiger partial charge on any atom is 0.124 e. The van der Waals surface area contributed by atoms with E-state index in [0.717, 1.165) is 24.6 Å². The SMILES string of the molecule is CCCc1c(C2CCC(C(C)(C)C)CC2)nn(C)c1N. The summed E-state index contributed by atoms with van der Waals surface area (Å²) >= 11 is 0. The minimum absolute atomic E-state index is 0.445. The molecule has 0 saturated heterocycles. The van der Waals surface area contributed by atoms with Crippen molar-refractivity contribution >= 4 is 5.82 Å². The Labute approximate surface area is 123 Å². The van der Waals surface area contributed by atoms with Gasteiger partial charge in [0, 0.05) is 18.5 Å². The highest BCUT2D eigenvalue weighted by molar-refractivity contribution is 5.45. The Morgan fingerprint density at radius 2 is 1.80 bits per heavy atom. The van der Waals surface area contributed by atoms with Gasteiger partial charge in [-0.2, -0.15) is 5.10 Å². The second-order valence-corrected chi connectivity index (χ2v) is 7.54. The molecule has 1 aliphatic rings. The van der Waals surface area contributed by atoms with Crippen molar-refractivity contribution in [3.05, 3.63) is 11.3 Å². The van der Waals surface area contributed by atoms with E-state index in [2.05, 4.69) is 27.7 Å². The van der Waals surface area contributed by atoms with Crippen LogP contribution >= 0.6 is 0 Å². The molecule has 0 amide bonds. The first-order valence-electron chi connectivity index (χ1n) is 8.15. The summed E-state index contributed by atoms with van der Waals surface area (Å²) in [5.41, 5.74) is 9.24. The van der Waals surface area contributed by atoms with Crippen molar-refractivity contribution in [3.8, 4) is 0 Å². The molecule has 0 radical (unpaired) electrons. The molecule has 0 unspecified atom stereocenters. The smallest absolute Gasteiger partial charge is 0.124 e. The van der Waals surface area contributed by atoms with Crippen LogP contribution < -0.4 is 5.73 Å². The number of nitrogens with two attached hydrogens (primary N) is 1. The maximum absolute atomic E-state index is 6.19. The van der Waals surface area contributed by atoms with E-state index in [9.17, 15) is 0 Å². The zero-order chi connectivity index (χ0) is 14.9. The highest BCUT2D eigenvalue weighted by Crippen LogP contribution is 2.44. The Bertz CT molecular complexity index is 446. The van der Waals surface area contributed by atoms with Crippen molar-refractivity contribution in [2.75, 3.05) is 5.73 Å². The molecule has 2 N–H and O–H groups in total. The largest absolute Gasteiger partial charge is 0.384 e. The van der Waals surface area contributed by atoms with E-state index in [0.29, 0.717) is 11.3 Å². The van der Waals surface area contributed by atoms with Crippen LogP contribution in [0.1, 0.15) is 77.0 Å². The summed E-state index contributed by atoms with van der Waals surface area (Å²) in [5.74, 6) is 2.35. The van der Waals surface area contributed by atoms with Gasteiger partial charge < -0.3 is 5.73 Å². The number of hydrogen-bond acceptors (Lipinski definition) is 2. The number of aryl methyl sites for hydroxylation is 1. The Morgan fingerprint density at radius 3 is 2.30 bits per heavy atom. The van der Waals surface area contributed by atoms with Crippen molar-refractivity contribution in [1.82, 2.24) is 9.78 Å². The van der Waals surface area contributed by atoms with E-state index in [1.165, 1.54) is 36.9 Å². The molecule has 20 heavy (non-hydrogen) atoms. The fraction of sp³-hybridized carbons (Fsp3) is 0.824. The predicted molar refractivity (Wildman–Crippen MR) is 85.8 cm³/mol. The molecule has 3 nitrogen and oxygen atoms in total. The average molecular weight is 277 g/mol. The van der Waals surface area contributed by atoms with Gasteiger partial charge in [-0.15, -0.1) is 0 Å². The summed E-state index contributed by atoms with van der Waals surface area (Å²) in [4.78, 5) is 0. The molecule has 1 aliphatic carbocycles. The molecule has 2 rings (SSSR count). The minimum atomic E-state index is 0.445. The minimum Gasteiger partial charge on any atom is -0.384 e. The summed E-state index contributed by atoms with van der Waals surface area (Å²) in [5, 5.41) is 4.73. The zero-order valence-electron chi connectivity index (χ0n) is 13.9. The molecule has 0 aromatic carbocycles. The molecule has 1 fully saturated rings. The molecule has 1 saturated carbocycles. The van der Waals surface area contributed by atoms with Gasteiger partial charge in [0.05, 0.1) is 5.69 Å². The Kier molecular flexibility index (Phi) is 4.46. The molecule has 3 heteroatoms. The molecule has 1 heterocycles. The van der Waals surface area contributed by atoms with Crippen LogP contribution in [-0.4, -0.2) is 9.78 Å². The van der Waals surface area contributed by atoms with Crippen LogP contribution in [0.15, 0.2) is 0 Å². The Hall–Kier alpha value is -0.990. The number of rotatable bonds is 3. The highest BCUT2D eigenvalue weighted by atomic mass is 15.3. The van der Waals surface area contributed by atoms with E-state index in [1.54, 1.807) is 0 Å². The second kappa shape index (κ2) is 5.79. The van der Waals surface area contributed by atoms with E-state index in [1.807, 2.05) is 11.7 Å². The Balaban J connectivity index is 2.13. The maximum atomic E-state index is 6.19. The van der Waals surface area contributed by atoms with Crippen molar-refractivity contribution in [2.24, 2.45) is 18.4 Å². The first-order chi connectivity index (χ1) is 9.34. The fourth-order valence-electron chi connectivity index (χ4n) is 3.67. The number of hydrogen-bond donors (Lipinski definition) is 1. The molecule has 1 aromatic heterocycles. The van der Waals surface area contributed by atoms with Crippen LogP contribution in [0.3, 0.4) is 0 Å². The monoisotopic (exact) mass is 277 g/mol. The third-order valence-electron chi connectivity index (χ3n) is 5.06. The number of nitrogen functional groups attached to an aromatic ring is 1. The molecule has 0 bridgehead atoms. The van der Waals surface area contributed by atoms with Crippen molar-refractivity contribution in [3.63, 3.8) is 0 Å². The number of nitrogens with zero attached hydrogens (tertiary/aromatic N) is 2. The van der Waals surface area contributed by atoms with Gasteiger partial charge >= 0.3 is 0 Å². The molecule has 1 aromatic rings. The third kappa shape index (κ3) is 3.02. The number of aromatic nitrogens is 2. The third-order valence-corrected chi connectivity index (χ3v) is 5.06. The van der Waals surface area contributed by atoms with Crippen molar-refractivity contribution in [2.45, 2.75) is 72.1 Å². The van der Waals surface area contributed by atoms with E-state index in [-0.39, 0.29) is 0 Å². The first-order valence-corrected chi connectivity index (χ1v) is 8.15. The van der Waals surface area contributed by atoms with E-state index >= 15 is 0 Å². The van der Waals surface area contributed by atoms with Gasteiger partial charge in [0.25, 0.3) is 0 Å². The lowest BCUT2D eigenvalue weighted by Crippen LogP contribution is -2.25. The average Bonchev–Trinajstić information content (AvgIpc) is 2.67. The summed E-state index contributed by atoms with van der Waals surface area (Å²) in [6.45, 7) is 9.34. The standard InChI is InChI=1S/C17H31N3/c1-6-7-14-15(19-20(5)16(14)18)12-8-10-13(11-9-12)17(2,3)4/h12-13H,6-11,18H2,1-5H3. The lowest BCUT2D eigenvalue weighted by atomic mass is 9.69. The van der Waals surface area contributed by atoms with Gasteiger partial charge in [0.2, 0.25) is 0 Å². The quantitative estimate of drug-likeness (QED) is 0.896. The van der Waals surface area contributed by atoms with Crippen molar-refractivity contribution in [1.29, 1.82) is 0 Å². The predicted octanol–water partition coefficient (Wildman–Crippen LogP) is 4.27. The van der Waals surface area contributed by atoms with Crippen LogP contribution in [0.4, 0.5) is 5.82 Å². The molecule has 0 atom stereocenters. The van der Waals surface area contributed by atoms with Gasteiger partial charge in [-0.25, -0.2) is 0 Å². The van der Waals surface area contributed by atoms with Gasteiger partial charge in [-0.05, 0) is 43.4 Å². The highest BCUT2D eigenvalue weighted by Gasteiger charge is 2.32.